The number of hydrogen-bond acceptors (Lipinski definition) is 2. The van der Waals surface area contributed by atoms with Crippen molar-refractivity contribution in [2.45, 2.75) is 44.9 Å². The summed E-state index contributed by atoms with van der Waals surface area (Å²) >= 11 is 0. The Morgan fingerprint density at radius 3 is 2.50 bits per heavy atom. The molecule has 0 unspecified atom stereocenters. The van der Waals surface area contributed by atoms with E-state index in [2.05, 4.69) is 11.9 Å². The Kier molecular flexibility index (Phi) is 9.36. The average molecular weight is 227 g/mol. The molecule has 0 fully saturated rings. The van der Waals surface area contributed by atoms with Crippen LogP contribution < -0.4 is 5.32 Å². The molecule has 1 amide bonds. The molecule has 16 heavy (non-hydrogen) atoms. The number of allylic oxidation sites excluding steroid dienone is 1. The van der Waals surface area contributed by atoms with Crippen LogP contribution in [-0.2, 0) is 9.59 Å². The predicted octanol–water partition coefficient (Wildman–Crippen LogP) is 2.10. The van der Waals surface area contributed by atoms with Gasteiger partial charge in [0.1, 0.15) is 0 Å². The second-order valence-corrected chi connectivity index (χ2v) is 3.74. The van der Waals surface area contributed by atoms with Crippen molar-refractivity contribution >= 4 is 11.9 Å². The molecule has 0 aromatic heterocycles. The van der Waals surface area contributed by atoms with Crippen LogP contribution >= 0.6 is 0 Å². The number of aliphatic carboxylic acids is 1. The van der Waals surface area contributed by atoms with E-state index in [0.29, 0.717) is 19.4 Å². The van der Waals surface area contributed by atoms with Crippen molar-refractivity contribution in [1.82, 2.24) is 5.32 Å². The third-order valence-electron chi connectivity index (χ3n) is 2.20. The van der Waals surface area contributed by atoms with Gasteiger partial charge in [-0.3, -0.25) is 9.59 Å². The van der Waals surface area contributed by atoms with Gasteiger partial charge in [0.25, 0.3) is 0 Å². The number of nitrogens with one attached hydrogen (secondary N) is 1. The Bertz CT molecular complexity index is 226. The summed E-state index contributed by atoms with van der Waals surface area (Å²) in [4.78, 5) is 21.4. The number of carbonyl (C=O) groups is 2. The lowest BCUT2D eigenvalue weighted by Gasteiger charge is -2.03. The molecular formula is C12H21NO3. The van der Waals surface area contributed by atoms with Crippen LogP contribution in [0, 0.1) is 0 Å². The summed E-state index contributed by atoms with van der Waals surface area (Å²) in [5.41, 5.74) is 0. The quantitative estimate of drug-likeness (QED) is 0.443. The van der Waals surface area contributed by atoms with E-state index in [-0.39, 0.29) is 12.3 Å². The highest BCUT2D eigenvalue weighted by atomic mass is 16.4. The average Bonchev–Trinajstić information content (AvgIpc) is 2.24. The molecule has 0 saturated carbocycles. The summed E-state index contributed by atoms with van der Waals surface area (Å²) in [5.74, 6) is -0.803. The zero-order valence-electron chi connectivity index (χ0n) is 9.71. The minimum atomic E-state index is -0.821. The molecule has 2 N–H and O–H groups in total. The van der Waals surface area contributed by atoms with E-state index < -0.39 is 5.97 Å². The monoisotopic (exact) mass is 227 g/mol. The first-order valence-electron chi connectivity index (χ1n) is 5.76. The lowest BCUT2D eigenvalue weighted by Crippen LogP contribution is -2.24. The fourth-order valence-corrected chi connectivity index (χ4v) is 1.31. The molecule has 92 valence electrons. The molecule has 0 aliphatic rings. The molecule has 0 heterocycles. The SMILES string of the molecule is C=CCCCCCC(=O)NCCCC(=O)O. The molecule has 4 nitrogen and oxygen atoms in total. The van der Waals surface area contributed by atoms with Gasteiger partial charge in [0, 0.05) is 19.4 Å². The molecule has 0 aliphatic heterocycles. The largest absolute Gasteiger partial charge is 0.481 e. The van der Waals surface area contributed by atoms with Crippen LogP contribution in [0.5, 0.6) is 0 Å². The van der Waals surface area contributed by atoms with Crippen LogP contribution in [0.4, 0.5) is 0 Å². The number of carbonyl (C=O) groups excluding carboxylic acids is 1. The molecule has 0 spiro atoms. The highest BCUT2D eigenvalue weighted by Gasteiger charge is 2.01. The smallest absolute Gasteiger partial charge is 0.303 e. The van der Waals surface area contributed by atoms with E-state index >= 15 is 0 Å². The molecule has 0 aromatic carbocycles. The van der Waals surface area contributed by atoms with Crippen molar-refractivity contribution in [2.24, 2.45) is 0 Å². The van der Waals surface area contributed by atoms with Gasteiger partial charge in [-0.1, -0.05) is 12.5 Å². The van der Waals surface area contributed by atoms with Crippen LogP contribution in [0.2, 0.25) is 0 Å². The number of carboxylic acids is 1. The summed E-state index contributed by atoms with van der Waals surface area (Å²) in [6, 6.07) is 0. The van der Waals surface area contributed by atoms with E-state index in [4.69, 9.17) is 5.11 Å². The second-order valence-electron chi connectivity index (χ2n) is 3.74. The van der Waals surface area contributed by atoms with Crippen LogP contribution in [0.1, 0.15) is 44.9 Å². The van der Waals surface area contributed by atoms with Crippen LogP contribution in [0.15, 0.2) is 12.7 Å². The maximum Gasteiger partial charge on any atom is 0.303 e. The lowest BCUT2D eigenvalue weighted by molar-refractivity contribution is -0.137. The third-order valence-corrected chi connectivity index (χ3v) is 2.20. The number of unbranched alkanes of at least 4 members (excludes halogenated alkanes) is 3. The van der Waals surface area contributed by atoms with E-state index in [1.807, 2.05) is 6.08 Å². The maximum absolute atomic E-state index is 11.2. The number of rotatable bonds is 10. The Hall–Kier alpha value is -1.32. The summed E-state index contributed by atoms with van der Waals surface area (Å²) in [6.07, 6.45) is 7.02. The summed E-state index contributed by atoms with van der Waals surface area (Å²) < 4.78 is 0. The molecule has 0 saturated heterocycles. The van der Waals surface area contributed by atoms with Gasteiger partial charge < -0.3 is 10.4 Å². The Morgan fingerprint density at radius 1 is 1.12 bits per heavy atom. The summed E-state index contributed by atoms with van der Waals surface area (Å²) in [7, 11) is 0. The van der Waals surface area contributed by atoms with Gasteiger partial charge in [0.2, 0.25) is 5.91 Å². The topological polar surface area (TPSA) is 66.4 Å². The summed E-state index contributed by atoms with van der Waals surface area (Å²) in [6.45, 7) is 4.09. The van der Waals surface area contributed by atoms with Crippen LogP contribution in [0.3, 0.4) is 0 Å². The molecule has 0 radical (unpaired) electrons. The molecule has 0 rings (SSSR count). The van der Waals surface area contributed by atoms with Crippen molar-refractivity contribution in [3.8, 4) is 0 Å². The highest BCUT2D eigenvalue weighted by molar-refractivity contribution is 5.75. The van der Waals surface area contributed by atoms with Gasteiger partial charge in [-0.25, -0.2) is 0 Å². The van der Waals surface area contributed by atoms with Crippen LogP contribution in [0.25, 0.3) is 0 Å². The van der Waals surface area contributed by atoms with Gasteiger partial charge in [0.15, 0.2) is 0 Å². The first-order chi connectivity index (χ1) is 7.66. The highest BCUT2D eigenvalue weighted by Crippen LogP contribution is 2.03. The molecule has 0 atom stereocenters. The van der Waals surface area contributed by atoms with Gasteiger partial charge >= 0.3 is 5.97 Å². The van der Waals surface area contributed by atoms with Gasteiger partial charge in [-0.2, -0.15) is 0 Å². The van der Waals surface area contributed by atoms with E-state index in [1.54, 1.807) is 0 Å². The first-order valence-corrected chi connectivity index (χ1v) is 5.76. The third kappa shape index (κ3) is 10.8. The van der Waals surface area contributed by atoms with Crippen molar-refractivity contribution in [3.63, 3.8) is 0 Å². The minimum absolute atomic E-state index is 0.0176. The number of hydrogen-bond donors (Lipinski definition) is 2. The molecule has 0 bridgehead atoms. The van der Waals surface area contributed by atoms with Crippen molar-refractivity contribution in [2.75, 3.05) is 6.54 Å². The van der Waals surface area contributed by atoms with Crippen molar-refractivity contribution in [3.05, 3.63) is 12.7 Å². The molecule has 4 heteroatoms. The Morgan fingerprint density at radius 2 is 1.88 bits per heavy atom. The Labute approximate surface area is 96.7 Å². The second kappa shape index (κ2) is 10.2. The van der Waals surface area contributed by atoms with E-state index in [0.717, 1.165) is 25.7 Å². The zero-order chi connectivity index (χ0) is 12.2. The maximum atomic E-state index is 11.2. The van der Waals surface area contributed by atoms with Crippen molar-refractivity contribution in [1.29, 1.82) is 0 Å². The standard InChI is InChI=1S/C12H21NO3/c1-2-3-4-5-6-8-11(14)13-10-7-9-12(15)16/h2H,1,3-10H2,(H,13,14)(H,15,16). The van der Waals surface area contributed by atoms with Crippen LogP contribution in [-0.4, -0.2) is 23.5 Å². The molecular weight excluding hydrogens is 206 g/mol. The first kappa shape index (κ1) is 14.7. The van der Waals surface area contributed by atoms with Gasteiger partial charge in [0.05, 0.1) is 0 Å². The number of amides is 1. The normalized spacial score (nSPS) is 9.75. The predicted molar refractivity (Wildman–Crippen MR) is 63.2 cm³/mol. The van der Waals surface area contributed by atoms with Gasteiger partial charge in [-0.05, 0) is 25.7 Å². The van der Waals surface area contributed by atoms with E-state index in [1.165, 1.54) is 0 Å². The van der Waals surface area contributed by atoms with E-state index in [9.17, 15) is 9.59 Å². The Balaban J connectivity index is 3.24. The lowest BCUT2D eigenvalue weighted by atomic mass is 10.1. The van der Waals surface area contributed by atoms with Gasteiger partial charge in [-0.15, -0.1) is 6.58 Å². The molecule has 0 aliphatic carbocycles. The number of carboxylic acid groups (broad SMARTS) is 1. The minimum Gasteiger partial charge on any atom is -0.481 e. The van der Waals surface area contributed by atoms with Crippen molar-refractivity contribution < 1.29 is 14.7 Å². The molecule has 0 aromatic rings. The zero-order valence-corrected chi connectivity index (χ0v) is 9.71. The fraction of sp³-hybridized carbons (Fsp3) is 0.667. The fourth-order valence-electron chi connectivity index (χ4n) is 1.31. The summed E-state index contributed by atoms with van der Waals surface area (Å²) in [5, 5.41) is 11.1.